The van der Waals surface area contributed by atoms with Crippen LogP contribution < -0.4 is 5.48 Å². The van der Waals surface area contributed by atoms with Crippen LogP contribution in [0.15, 0.2) is 35.5 Å². The molecule has 5 heteroatoms. The maximum Gasteiger partial charge on any atom is 0.297 e. The van der Waals surface area contributed by atoms with Crippen LogP contribution in [0.4, 0.5) is 0 Å². The SMILES string of the molecule is CCO/N=C(/C(=O)NO)c1ccccc1. The van der Waals surface area contributed by atoms with Crippen molar-refractivity contribution in [2.24, 2.45) is 5.16 Å². The number of nitrogens with zero attached hydrogens (tertiary/aromatic N) is 1. The molecule has 0 aliphatic rings. The molecule has 1 aromatic rings. The van der Waals surface area contributed by atoms with Crippen LogP contribution in [0, 0.1) is 0 Å². The molecule has 0 bridgehead atoms. The average molecular weight is 208 g/mol. The number of nitrogens with one attached hydrogen (secondary N) is 1. The maximum absolute atomic E-state index is 11.2. The number of amides is 1. The quantitative estimate of drug-likeness (QED) is 0.439. The molecule has 0 saturated heterocycles. The van der Waals surface area contributed by atoms with Gasteiger partial charge in [0, 0.05) is 5.56 Å². The van der Waals surface area contributed by atoms with Crippen molar-refractivity contribution < 1.29 is 14.8 Å². The molecule has 0 fully saturated rings. The van der Waals surface area contributed by atoms with Gasteiger partial charge in [-0.2, -0.15) is 0 Å². The Labute approximate surface area is 87.3 Å². The number of hydroxylamine groups is 1. The summed E-state index contributed by atoms with van der Waals surface area (Å²) >= 11 is 0. The van der Waals surface area contributed by atoms with Crippen LogP contribution in [0.25, 0.3) is 0 Å². The van der Waals surface area contributed by atoms with E-state index in [0.717, 1.165) is 0 Å². The minimum Gasteiger partial charge on any atom is -0.395 e. The standard InChI is InChI=1S/C10H12N2O3/c1-2-15-12-9(10(13)11-14)8-6-4-3-5-7-8/h3-7,14H,2H2,1H3,(H,11,13)/b12-9+. The van der Waals surface area contributed by atoms with Gasteiger partial charge in [0.2, 0.25) is 0 Å². The van der Waals surface area contributed by atoms with Gasteiger partial charge in [-0.25, -0.2) is 5.48 Å². The van der Waals surface area contributed by atoms with Crippen molar-refractivity contribution in [3.05, 3.63) is 35.9 Å². The number of rotatable bonds is 4. The second-order valence-corrected chi connectivity index (χ2v) is 2.66. The Bertz CT molecular complexity index is 349. The van der Waals surface area contributed by atoms with E-state index in [1.54, 1.807) is 31.2 Å². The zero-order valence-corrected chi connectivity index (χ0v) is 8.30. The van der Waals surface area contributed by atoms with Crippen LogP contribution in [-0.4, -0.2) is 23.4 Å². The molecule has 0 unspecified atom stereocenters. The van der Waals surface area contributed by atoms with E-state index in [4.69, 9.17) is 10.0 Å². The number of carbonyl (C=O) groups excluding carboxylic acids is 1. The van der Waals surface area contributed by atoms with Crippen LogP contribution in [-0.2, 0) is 9.63 Å². The van der Waals surface area contributed by atoms with Gasteiger partial charge in [-0.15, -0.1) is 0 Å². The monoisotopic (exact) mass is 208 g/mol. The first-order chi connectivity index (χ1) is 7.29. The minimum atomic E-state index is -0.699. The Morgan fingerprint density at radius 2 is 2.13 bits per heavy atom. The van der Waals surface area contributed by atoms with Gasteiger partial charge in [0.15, 0.2) is 5.71 Å². The summed E-state index contributed by atoms with van der Waals surface area (Å²) in [6.45, 7) is 2.11. The topological polar surface area (TPSA) is 70.9 Å². The molecule has 80 valence electrons. The number of carbonyl (C=O) groups is 1. The Morgan fingerprint density at radius 1 is 1.47 bits per heavy atom. The highest BCUT2D eigenvalue weighted by Gasteiger charge is 2.13. The molecule has 0 saturated carbocycles. The molecule has 15 heavy (non-hydrogen) atoms. The van der Waals surface area contributed by atoms with Gasteiger partial charge in [-0.1, -0.05) is 35.5 Å². The summed E-state index contributed by atoms with van der Waals surface area (Å²) in [4.78, 5) is 16.0. The summed E-state index contributed by atoms with van der Waals surface area (Å²) in [7, 11) is 0. The number of benzene rings is 1. The van der Waals surface area contributed by atoms with E-state index < -0.39 is 5.91 Å². The molecule has 0 atom stereocenters. The van der Waals surface area contributed by atoms with Crippen molar-refractivity contribution in [2.75, 3.05) is 6.61 Å². The molecule has 5 nitrogen and oxygen atoms in total. The molecule has 1 amide bonds. The lowest BCUT2D eigenvalue weighted by Crippen LogP contribution is -2.29. The smallest absolute Gasteiger partial charge is 0.297 e. The zero-order chi connectivity index (χ0) is 11.1. The third-order valence-electron chi connectivity index (χ3n) is 1.65. The third kappa shape index (κ3) is 3.07. The highest BCUT2D eigenvalue weighted by Crippen LogP contribution is 2.02. The third-order valence-corrected chi connectivity index (χ3v) is 1.65. The molecule has 0 aromatic heterocycles. The van der Waals surface area contributed by atoms with E-state index in [0.29, 0.717) is 12.2 Å². The molecule has 0 radical (unpaired) electrons. The van der Waals surface area contributed by atoms with Crippen molar-refractivity contribution in [3.63, 3.8) is 0 Å². The van der Waals surface area contributed by atoms with Crippen LogP contribution >= 0.6 is 0 Å². The maximum atomic E-state index is 11.2. The summed E-state index contributed by atoms with van der Waals surface area (Å²) in [6.07, 6.45) is 0. The highest BCUT2D eigenvalue weighted by molar-refractivity contribution is 6.44. The molecule has 0 aliphatic carbocycles. The fourth-order valence-corrected chi connectivity index (χ4v) is 1.00. The fourth-order valence-electron chi connectivity index (χ4n) is 1.00. The van der Waals surface area contributed by atoms with Crippen molar-refractivity contribution in [3.8, 4) is 0 Å². The van der Waals surface area contributed by atoms with Crippen LogP contribution in [0.2, 0.25) is 0 Å². The predicted molar refractivity (Wildman–Crippen MR) is 54.5 cm³/mol. The number of hydrogen-bond donors (Lipinski definition) is 2. The largest absolute Gasteiger partial charge is 0.395 e. The van der Waals surface area contributed by atoms with E-state index in [1.165, 1.54) is 5.48 Å². The molecule has 1 aromatic carbocycles. The van der Waals surface area contributed by atoms with Gasteiger partial charge in [0.1, 0.15) is 6.61 Å². The summed E-state index contributed by atoms with van der Waals surface area (Å²) in [5.41, 5.74) is 2.15. The Morgan fingerprint density at radius 3 is 2.67 bits per heavy atom. The van der Waals surface area contributed by atoms with E-state index >= 15 is 0 Å². The van der Waals surface area contributed by atoms with Crippen LogP contribution in [0.5, 0.6) is 0 Å². The van der Waals surface area contributed by atoms with Gasteiger partial charge < -0.3 is 4.84 Å². The first-order valence-electron chi connectivity index (χ1n) is 4.49. The summed E-state index contributed by atoms with van der Waals surface area (Å²) in [6, 6.07) is 8.75. The minimum absolute atomic E-state index is 0.0416. The lowest BCUT2D eigenvalue weighted by Gasteiger charge is -2.03. The van der Waals surface area contributed by atoms with E-state index in [1.807, 2.05) is 6.07 Å². The Hall–Kier alpha value is -1.88. The van der Waals surface area contributed by atoms with Crippen molar-refractivity contribution >= 4 is 11.6 Å². The molecule has 1 rings (SSSR count). The molecule has 2 N–H and O–H groups in total. The zero-order valence-electron chi connectivity index (χ0n) is 8.30. The Balaban J connectivity index is 2.96. The molecule has 0 heterocycles. The second kappa shape index (κ2) is 5.77. The van der Waals surface area contributed by atoms with Crippen molar-refractivity contribution in [2.45, 2.75) is 6.92 Å². The molecule has 0 aliphatic heterocycles. The summed E-state index contributed by atoms with van der Waals surface area (Å²) in [5.74, 6) is -0.699. The summed E-state index contributed by atoms with van der Waals surface area (Å²) < 4.78 is 0. The lowest BCUT2D eigenvalue weighted by atomic mass is 10.1. The van der Waals surface area contributed by atoms with E-state index in [2.05, 4.69) is 5.16 Å². The molecular formula is C10H12N2O3. The predicted octanol–water partition coefficient (Wildman–Crippen LogP) is 0.933. The van der Waals surface area contributed by atoms with E-state index in [9.17, 15) is 4.79 Å². The normalized spacial score (nSPS) is 10.9. The highest BCUT2D eigenvalue weighted by atomic mass is 16.6. The lowest BCUT2D eigenvalue weighted by molar-refractivity contribution is -0.122. The number of hydrogen-bond acceptors (Lipinski definition) is 4. The second-order valence-electron chi connectivity index (χ2n) is 2.66. The van der Waals surface area contributed by atoms with Crippen LogP contribution in [0.1, 0.15) is 12.5 Å². The van der Waals surface area contributed by atoms with Gasteiger partial charge in [0.25, 0.3) is 5.91 Å². The van der Waals surface area contributed by atoms with Crippen LogP contribution in [0.3, 0.4) is 0 Å². The Kier molecular flexibility index (Phi) is 4.30. The molecular weight excluding hydrogens is 196 g/mol. The van der Waals surface area contributed by atoms with Gasteiger partial charge in [0.05, 0.1) is 0 Å². The van der Waals surface area contributed by atoms with Crippen molar-refractivity contribution in [1.82, 2.24) is 5.48 Å². The van der Waals surface area contributed by atoms with Gasteiger partial charge in [-0.05, 0) is 6.92 Å². The van der Waals surface area contributed by atoms with Gasteiger partial charge in [-0.3, -0.25) is 10.0 Å². The van der Waals surface area contributed by atoms with Gasteiger partial charge >= 0.3 is 0 Å². The van der Waals surface area contributed by atoms with Crippen molar-refractivity contribution in [1.29, 1.82) is 0 Å². The number of oxime groups is 1. The summed E-state index contributed by atoms with van der Waals surface area (Å²) in [5, 5.41) is 12.2. The fraction of sp³-hybridized carbons (Fsp3) is 0.200. The average Bonchev–Trinajstić information content (AvgIpc) is 2.30. The first kappa shape index (κ1) is 11.2. The first-order valence-corrected chi connectivity index (χ1v) is 4.49. The molecule has 0 spiro atoms. The van der Waals surface area contributed by atoms with E-state index in [-0.39, 0.29) is 5.71 Å².